The number of aromatic nitrogens is 2. The maximum absolute atomic E-state index is 12.1. The maximum atomic E-state index is 12.1. The summed E-state index contributed by atoms with van der Waals surface area (Å²) in [4.78, 5) is 12.1. The van der Waals surface area contributed by atoms with Gasteiger partial charge in [-0.1, -0.05) is 31.3 Å². The van der Waals surface area contributed by atoms with Gasteiger partial charge in [0.05, 0.1) is 14.2 Å². The summed E-state index contributed by atoms with van der Waals surface area (Å²) in [5.41, 5.74) is 0.836. The van der Waals surface area contributed by atoms with E-state index < -0.39 is 0 Å². The first-order chi connectivity index (χ1) is 12.1. The minimum absolute atomic E-state index is 0.248. The predicted molar refractivity (Wildman–Crippen MR) is 100 cm³/mol. The second-order valence-electron chi connectivity index (χ2n) is 5.40. The van der Waals surface area contributed by atoms with Gasteiger partial charge in [0.25, 0.3) is 0 Å². The highest BCUT2D eigenvalue weighted by Crippen LogP contribution is 2.29. The Balaban J connectivity index is 2.01. The number of benzene rings is 1. The molecule has 25 heavy (non-hydrogen) atoms. The van der Waals surface area contributed by atoms with Crippen LogP contribution in [0.2, 0.25) is 0 Å². The summed E-state index contributed by atoms with van der Waals surface area (Å²) in [5, 5.41) is 12.4. The SMILES string of the molecule is CCC(CC)c1nnc(NC(=O)C=Cc2ccc(OC)c(OC)c2)s1. The lowest BCUT2D eigenvalue weighted by atomic mass is 10.1. The van der Waals surface area contributed by atoms with Gasteiger partial charge in [0, 0.05) is 12.0 Å². The van der Waals surface area contributed by atoms with Gasteiger partial charge in [0.1, 0.15) is 5.01 Å². The average molecular weight is 361 g/mol. The minimum atomic E-state index is -0.248. The Labute approximate surface area is 151 Å². The third-order valence-electron chi connectivity index (χ3n) is 3.84. The summed E-state index contributed by atoms with van der Waals surface area (Å²) in [6, 6.07) is 5.45. The monoisotopic (exact) mass is 361 g/mol. The van der Waals surface area contributed by atoms with Gasteiger partial charge in [-0.2, -0.15) is 0 Å². The van der Waals surface area contributed by atoms with Gasteiger partial charge in [0.15, 0.2) is 11.5 Å². The van der Waals surface area contributed by atoms with Crippen LogP contribution in [0.3, 0.4) is 0 Å². The van der Waals surface area contributed by atoms with Crippen molar-refractivity contribution >= 4 is 28.5 Å². The van der Waals surface area contributed by atoms with Gasteiger partial charge in [-0.05, 0) is 36.6 Å². The van der Waals surface area contributed by atoms with Crippen LogP contribution in [0, 0.1) is 0 Å². The summed E-state index contributed by atoms with van der Waals surface area (Å²) in [5.74, 6) is 1.41. The predicted octanol–water partition coefficient (Wildman–Crippen LogP) is 4.11. The molecule has 1 aromatic heterocycles. The molecule has 2 rings (SSSR count). The van der Waals surface area contributed by atoms with Crippen molar-refractivity contribution in [3.63, 3.8) is 0 Å². The van der Waals surface area contributed by atoms with Crippen LogP contribution in [0.25, 0.3) is 6.08 Å². The van der Waals surface area contributed by atoms with E-state index in [1.807, 2.05) is 6.07 Å². The second kappa shape index (κ2) is 9.17. The van der Waals surface area contributed by atoms with E-state index in [2.05, 4.69) is 29.4 Å². The summed E-state index contributed by atoms with van der Waals surface area (Å²) >= 11 is 1.43. The highest BCUT2D eigenvalue weighted by Gasteiger charge is 2.13. The number of ether oxygens (including phenoxy) is 2. The fourth-order valence-corrected chi connectivity index (χ4v) is 3.38. The molecule has 0 atom stereocenters. The van der Waals surface area contributed by atoms with E-state index in [4.69, 9.17) is 9.47 Å². The molecule has 134 valence electrons. The lowest BCUT2D eigenvalue weighted by Gasteiger charge is -2.07. The van der Waals surface area contributed by atoms with Crippen LogP contribution in [0.1, 0.15) is 43.2 Å². The van der Waals surface area contributed by atoms with Crippen molar-refractivity contribution in [2.24, 2.45) is 0 Å². The van der Waals surface area contributed by atoms with E-state index in [0.29, 0.717) is 22.5 Å². The molecule has 6 nitrogen and oxygen atoms in total. The summed E-state index contributed by atoms with van der Waals surface area (Å²) in [6.45, 7) is 4.25. The highest BCUT2D eigenvalue weighted by atomic mass is 32.1. The van der Waals surface area contributed by atoms with E-state index in [9.17, 15) is 4.79 Å². The third-order valence-corrected chi connectivity index (χ3v) is 4.84. The molecule has 1 heterocycles. The van der Waals surface area contributed by atoms with E-state index in [-0.39, 0.29) is 5.91 Å². The van der Waals surface area contributed by atoms with Crippen molar-refractivity contribution < 1.29 is 14.3 Å². The van der Waals surface area contributed by atoms with Crippen LogP contribution < -0.4 is 14.8 Å². The minimum Gasteiger partial charge on any atom is -0.493 e. The van der Waals surface area contributed by atoms with Gasteiger partial charge in [-0.3, -0.25) is 10.1 Å². The number of carbonyl (C=O) groups excluding carboxylic acids is 1. The van der Waals surface area contributed by atoms with Gasteiger partial charge < -0.3 is 9.47 Å². The molecule has 0 unspecified atom stereocenters. The zero-order valence-corrected chi connectivity index (χ0v) is 15.7. The molecular weight excluding hydrogens is 338 g/mol. The van der Waals surface area contributed by atoms with Crippen molar-refractivity contribution in [1.29, 1.82) is 0 Å². The molecule has 0 aliphatic carbocycles. The number of hydrogen-bond donors (Lipinski definition) is 1. The Morgan fingerprint density at radius 3 is 2.56 bits per heavy atom. The van der Waals surface area contributed by atoms with Crippen molar-refractivity contribution in [2.45, 2.75) is 32.6 Å². The van der Waals surface area contributed by atoms with Gasteiger partial charge >= 0.3 is 0 Å². The van der Waals surface area contributed by atoms with Crippen molar-refractivity contribution in [3.8, 4) is 11.5 Å². The molecule has 1 amide bonds. The van der Waals surface area contributed by atoms with E-state index in [1.54, 1.807) is 32.4 Å². The zero-order chi connectivity index (χ0) is 18.2. The number of methoxy groups -OCH3 is 2. The summed E-state index contributed by atoms with van der Waals surface area (Å²) in [7, 11) is 3.16. The first-order valence-corrected chi connectivity index (χ1v) is 8.97. The van der Waals surface area contributed by atoms with E-state index in [0.717, 1.165) is 23.4 Å². The topological polar surface area (TPSA) is 73.3 Å². The Morgan fingerprint density at radius 1 is 1.20 bits per heavy atom. The number of carbonyl (C=O) groups is 1. The van der Waals surface area contributed by atoms with Crippen molar-refractivity contribution in [2.75, 3.05) is 19.5 Å². The molecule has 0 aliphatic heterocycles. The van der Waals surface area contributed by atoms with Crippen molar-refractivity contribution in [1.82, 2.24) is 10.2 Å². The highest BCUT2D eigenvalue weighted by molar-refractivity contribution is 7.15. The van der Waals surface area contributed by atoms with E-state index >= 15 is 0 Å². The van der Waals surface area contributed by atoms with Crippen LogP contribution in [-0.4, -0.2) is 30.3 Å². The second-order valence-corrected chi connectivity index (χ2v) is 6.40. The fraction of sp³-hybridized carbons (Fsp3) is 0.389. The average Bonchev–Trinajstić information content (AvgIpc) is 3.08. The number of anilines is 1. The molecule has 0 aliphatic rings. The third kappa shape index (κ3) is 5.03. The quantitative estimate of drug-likeness (QED) is 0.716. The molecule has 1 N–H and O–H groups in total. The van der Waals surface area contributed by atoms with Gasteiger partial charge in [-0.15, -0.1) is 10.2 Å². The standard InChI is InChI=1S/C18H23N3O3S/c1-5-13(6-2)17-20-21-18(25-17)19-16(22)10-8-12-7-9-14(23-3)15(11-12)24-4/h7-11,13H,5-6H2,1-4H3,(H,19,21,22). The van der Waals surface area contributed by atoms with Crippen LogP contribution in [0.15, 0.2) is 24.3 Å². The normalized spacial score (nSPS) is 11.1. The summed E-state index contributed by atoms with van der Waals surface area (Å²) < 4.78 is 10.4. The summed E-state index contributed by atoms with van der Waals surface area (Å²) in [6.07, 6.45) is 5.19. The fourth-order valence-electron chi connectivity index (χ4n) is 2.36. The van der Waals surface area contributed by atoms with Crippen molar-refractivity contribution in [3.05, 3.63) is 34.8 Å². The first kappa shape index (κ1) is 18.9. The van der Waals surface area contributed by atoms with Crippen LogP contribution >= 0.6 is 11.3 Å². The Kier molecular flexibility index (Phi) is 6.94. The number of rotatable bonds is 8. The number of nitrogens with zero attached hydrogens (tertiary/aromatic N) is 2. The largest absolute Gasteiger partial charge is 0.493 e. The Hall–Kier alpha value is -2.41. The first-order valence-electron chi connectivity index (χ1n) is 8.15. The van der Waals surface area contributed by atoms with Crippen LogP contribution in [0.4, 0.5) is 5.13 Å². The molecule has 2 aromatic rings. The molecule has 0 spiro atoms. The number of nitrogens with one attached hydrogen (secondary N) is 1. The smallest absolute Gasteiger partial charge is 0.250 e. The van der Waals surface area contributed by atoms with Crippen LogP contribution in [-0.2, 0) is 4.79 Å². The van der Waals surface area contributed by atoms with Gasteiger partial charge in [-0.25, -0.2) is 0 Å². The Bertz CT molecular complexity index is 739. The molecule has 0 saturated heterocycles. The zero-order valence-electron chi connectivity index (χ0n) is 14.9. The molecule has 0 saturated carbocycles. The molecule has 7 heteroatoms. The lowest BCUT2D eigenvalue weighted by Crippen LogP contribution is -2.07. The molecule has 0 radical (unpaired) electrons. The molecular formula is C18H23N3O3S. The van der Waals surface area contributed by atoms with Gasteiger partial charge in [0.2, 0.25) is 11.0 Å². The number of hydrogen-bond acceptors (Lipinski definition) is 6. The molecule has 1 aromatic carbocycles. The maximum Gasteiger partial charge on any atom is 0.250 e. The number of amides is 1. The Morgan fingerprint density at radius 2 is 1.92 bits per heavy atom. The molecule has 0 bridgehead atoms. The lowest BCUT2D eigenvalue weighted by molar-refractivity contribution is -0.111. The molecule has 0 fully saturated rings. The van der Waals surface area contributed by atoms with Crippen LogP contribution in [0.5, 0.6) is 11.5 Å². The van der Waals surface area contributed by atoms with E-state index in [1.165, 1.54) is 17.4 Å².